The molecule has 2 N–H and O–H groups in total. The van der Waals surface area contributed by atoms with E-state index >= 15 is 0 Å². The number of nitrogens with zero attached hydrogens (tertiary/aromatic N) is 2. The van der Waals surface area contributed by atoms with Crippen LogP contribution in [0, 0.1) is 0 Å². The third-order valence-electron chi connectivity index (χ3n) is 4.61. The lowest BCUT2D eigenvalue weighted by molar-refractivity contribution is -0.117. The second-order valence-corrected chi connectivity index (χ2v) is 6.51. The van der Waals surface area contributed by atoms with E-state index < -0.39 is 0 Å². The van der Waals surface area contributed by atoms with Crippen LogP contribution in [0.3, 0.4) is 0 Å². The Labute approximate surface area is 154 Å². The summed E-state index contributed by atoms with van der Waals surface area (Å²) in [5.41, 5.74) is 4.69. The first-order valence-corrected chi connectivity index (χ1v) is 9.00. The number of nitrogens with one attached hydrogen (secondary N) is 1. The van der Waals surface area contributed by atoms with Gasteiger partial charge in [0.25, 0.3) is 5.91 Å². The van der Waals surface area contributed by atoms with E-state index in [9.17, 15) is 4.79 Å². The molecule has 2 aliphatic rings. The van der Waals surface area contributed by atoms with Gasteiger partial charge in [0.1, 0.15) is 0 Å². The van der Waals surface area contributed by atoms with Crippen molar-refractivity contribution in [2.24, 2.45) is 4.99 Å². The molecule has 1 fully saturated rings. The topological polar surface area (TPSA) is 64.9 Å². The van der Waals surface area contributed by atoms with Crippen molar-refractivity contribution in [3.63, 3.8) is 0 Å². The maximum absolute atomic E-state index is 12.3. The molecule has 5 heteroatoms. The Morgan fingerprint density at radius 3 is 2.81 bits per heavy atom. The summed E-state index contributed by atoms with van der Waals surface area (Å²) in [7, 11) is 2.01. The third-order valence-corrected chi connectivity index (χ3v) is 4.61. The smallest absolute Gasteiger partial charge is 0.253 e. The zero-order chi connectivity index (χ0) is 18.4. The number of carbonyl (C=O) groups is 1. The van der Waals surface area contributed by atoms with Crippen molar-refractivity contribution in [2.75, 3.05) is 20.1 Å². The molecule has 5 nitrogen and oxygen atoms in total. The van der Waals surface area contributed by atoms with Crippen LogP contribution < -0.4 is 5.32 Å². The fraction of sp³-hybridized carbons (Fsp3) is 0.333. The maximum atomic E-state index is 12.3. The maximum Gasteiger partial charge on any atom is 0.253 e. The Bertz CT molecular complexity index is 773. The van der Waals surface area contributed by atoms with Gasteiger partial charge in [-0.3, -0.25) is 9.79 Å². The molecule has 1 amide bonds. The summed E-state index contributed by atoms with van der Waals surface area (Å²) in [4.78, 5) is 19.1. The van der Waals surface area contributed by atoms with Crippen molar-refractivity contribution in [1.82, 2.24) is 10.2 Å². The Kier molecular flexibility index (Phi) is 6.02. The lowest BCUT2D eigenvalue weighted by Crippen LogP contribution is -2.25. The van der Waals surface area contributed by atoms with E-state index in [2.05, 4.69) is 10.2 Å². The average Bonchev–Trinajstić information content (AvgIpc) is 2.95. The van der Waals surface area contributed by atoms with Crippen LogP contribution in [0.5, 0.6) is 0 Å². The predicted molar refractivity (Wildman–Crippen MR) is 104 cm³/mol. The number of aryl methyl sites for hydroxylation is 1. The molecule has 0 radical (unpaired) electrons. The zero-order valence-corrected chi connectivity index (χ0v) is 15.1. The molecule has 1 aliphatic carbocycles. The van der Waals surface area contributed by atoms with Crippen LogP contribution in [-0.2, 0) is 17.8 Å². The number of aliphatic imine (C=N–C) groups is 1. The van der Waals surface area contributed by atoms with Crippen molar-refractivity contribution in [1.29, 1.82) is 0 Å². The molecule has 0 unspecified atom stereocenters. The Balaban J connectivity index is 1.73. The van der Waals surface area contributed by atoms with Gasteiger partial charge >= 0.3 is 0 Å². The standard InChI is InChI=1S/C21H25N3O2/c1-24-14-13-23-21(26)18-6-2-3-7-19(20(18)24)22-12-4-5-16-8-10-17(15-25)11-9-16/h2-3,6,8-12,25H,4-5,7,13-15H2,1H3,(H,23,26). The number of fused-ring (bicyclic) bond motifs is 1. The van der Waals surface area contributed by atoms with Crippen LogP contribution >= 0.6 is 0 Å². The van der Waals surface area contributed by atoms with Gasteiger partial charge in [0.15, 0.2) is 0 Å². The molecule has 1 saturated heterocycles. The molecule has 0 atom stereocenters. The number of carbonyl (C=O) groups excluding carboxylic acids is 1. The van der Waals surface area contributed by atoms with E-state index in [4.69, 9.17) is 10.1 Å². The minimum absolute atomic E-state index is 0.0347. The SMILES string of the molecule is CN1CCNC(=O)C2=CC=CCC(N=CCCc3ccc(CO)cc3)=C21. The average molecular weight is 351 g/mol. The monoisotopic (exact) mass is 351 g/mol. The van der Waals surface area contributed by atoms with Crippen LogP contribution in [0.2, 0.25) is 0 Å². The van der Waals surface area contributed by atoms with E-state index in [1.165, 1.54) is 5.56 Å². The second kappa shape index (κ2) is 8.63. The molecule has 3 rings (SSSR count). The fourth-order valence-electron chi connectivity index (χ4n) is 3.16. The minimum atomic E-state index is -0.0347. The molecule has 1 heterocycles. The number of benzene rings is 1. The number of hydrogen-bond acceptors (Lipinski definition) is 4. The lowest BCUT2D eigenvalue weighted by atomic mass is 10.1. The van der Waals surface area contributed by atoms with Crippen LogP contribution in [0.1, 0.15) is 24.0 Å². The van der Waals surface area contributed by atoms with Crippen molar-refractivity contribution in [2.45, 2.75) is 25.9 Å². The van der Waals surface area contributed by atoms with E-state index in [1.807, 2.05) is 55.8 Å². The highest BCUT2D eigenvalue weighted by Crippen LogP contribution is 2.26. The van der Waals surface area contributed by atoms with Gasteiger partial charge in [-0.1, -0.05) is 36.4 Å². The number of allylic oxidation sites excluding steroid dienone is 3. The Hall–Kier alpha value is -2.66. The van der Waals surface area contributed by atoms with E-state index in [1.54, 1.807) is 0 Å². The van der Waals surface area contributed by atoms with Gasteiger partial charge < -0.3 is 15.3 Å². The van der Waals surface area contributed by atoms with Gasteiger partial charge in [-0.25, -0.2) is 0 Å². The molecule has 1 aromatic rings. The van der Waals surface area contributed by atoms with Crippen molar-refractivity contribution >= 4 is 12.1 Å². The third kappa shape index (κ3) is 4.29. The van der Waals surface area contributed by atoms with Gasteiger partial charge in [0.05, 0.1) is 23.6 Å². The Morgan fingerprint density at radius 1 is 1.27 bits per heavy atom. The van der Waals surface area contributed by atoms with Gasteiger partial charge in [0.2, 0.25) is 0 Å². The molecule has 0 spiro atoms. The normalized spacial score (nSPS) is 17.7. The van der Waals surface area contributed by atoms with E-state index in [0.29, 0.717) is 18.5 Å². The van der Waals surface area contributed by atoms with Crippen molar-refractivity contribution in [3.05, 3.63) is 70.6 Å². The number of hydrogen-bond donors (Lipinski definition) is 2. The summed E-state index contributed by atoms with van der Waals surface area (Å²) in [5, 5.41) is 12.0. The van der Waals surface area contributed by atoms with Gasteiger partial charge in [0, 0.05) is 32.8 Å². The number of aliphatic hydroxyl groups excluding tert-OH is 1. The van der Waals surface area contributed by atoms with E-state index in [-0.39, 0.29) is 12.5 Å². The highest BCUT2D eigenvalue weighted by Gasteiger charge is 2.24. The van der Waals surface area contributed by atoms with Crippen LogP contribution in [0.15, 0.2) is 64.5 Å². The summed E-state index contributed by atoms with van der Waals surface area (Å²) in [6.07, 6.45) is 10.2. The zero-order valence-electron chi connectivity index (χ0n) is 15.1. The minimum Gasteiger partial charge on any atom is -0.392 e. The molecule has 0 aromatic heterocycles. The number of likely N-dealkylation sites (N-methyl/N-ethyl adjacent to an activating group) is 1. The number of rotatable bonds is 5. The molecule has 0 saturated carbocycles. The van der Waals surface area contributed by atoms with Gasteiger partial charge in [-0.15, -0.1) is 0 Å². The summed E-state index contributed by atoms with van der Waals surface area (Å²) >= 11 is 0. The fourth-order valence-corrected chi connectivity index (χ4v) is 3.16. The Morgan fingerprint density at radius 2 is 2.04 bits per heavy atom. The predicted octanol–water partition coefficient (Wildman–Crippen LogP) is 2.34. The van der Waals surface area contributed by atoms with Crippen LogP contribution in [-0.4, -0.2) is 42.3 Å². The summed E-state index contributed by atoms with van der Waals surface area (Å²) in [5.74, 6) is -0.0347. The van der Waals surface area contributed by atoms with Gasteiger partial charge in [-0.05, 0) is 30.0 Å². The lowest BCUT2D eigenvalue weighted by Gasteiger charge is -2.21. The number of amides is 1. The largest absolute Gasteiger partial charge is 0.392 e. The van der Waals surface area contributed by atoms with Gasteiger partial charge in [-0.2, -0.15) is 0 Å². The summed E-state index contributed by atoms with van der Waals surface area (Å²) in [6.45, 7) is 1.48. The molecule has 0 bridgehead atoms. The molecule has 1 aromatic carbocycles. The van der Waals surface area contributed by atoms with Crippen molar-refractivity contribution < 1.29 is 9.90 Å². The van der Waals surface area contributed by atoms with Crippen LogP contribution in [0.4, 0.5) is 0 Å². The summed E-state index contributed by atoms with van der Waals surface area (Å²) in [6, 6.07) is 7.98. The first kappa shape index (κ1) is 18.1. The summed E-state index contributed by atoms with van der Waals surface area (Å²) < 4.78 is 0. The highest BCUT2D eigenvalue weighted by molar-refractivity contribution is 5.98. The molecular weight excluding hydrogens is 326 g/mol. The molecular formula is C21H25N3O2. The van der Waals surface area contributed by atoms with E-state index in [0.717, 1.165) is 36.3 Å². The van der Waals surface area contributed by atoms with Crippen LogP contribution in [0.25, 0.3) is 0 Å². The molecule has 26 heavy (non-hydrogen) atoms. The van der Waals surface area contributed by atoms with Crippen molar-refractivity contribution in [3.8, 4) is 0 Å². The first-order valence-electron chi connectivity index (χ1n) is 9.00. The number of aliphatic hydroxyl groups is 1. The second-order valence-electron chi connectivity index (χ2n) is 6.51. The first-order chi connectivity index (χ1) is 12.7. The molecule has 136 valence electrons. The highest BCUT2D eigenvalue weighted by atomic mass is 16.3. The quantitative estimate of drug-likeness (QED) is 0.801. The molecule has 1 aliphatic heterocycles.